The lowest BCUT2D eigenvalue weighted by Crippen LogP contribution is -2.16. The summed E-state index contributed by atoms with van der Waals surface area (Å²) in [5, 5.41) is 0. The largest absolute Gasteiger partial charge is 0.573 e. The van der Waals surface area contributed by atoms with Crippen LogP contribution in [0.3, 0.4) is 0 Å². The molecule has 0 spiro atoms. The van der Waals surface area contributed by atoms with Crippen LogP contribution in [0.1, 0.15) is 61.6 Å². The van der Waals surface area contributed by atoms with E-state index < -0.39 is 6.36 Å². The molecule has 4 heteroatoms. The molecule has 1 nitrogen and oxygen atoms in total. The molecule has 0 bridgehead atoms. The van der Waals surface area contributed by atoms with Crippen molar-refractivity contribution in [3.05, 3.63) is 102 Å². The standard InChI is InChI=1S/C33H33F3O/c1-2-3-4-25-5-7-26(8-6-25)9-10-27-13-19-30(20-14-27)31-21-15-28(16-22-31)11-12-29-17-23-32(24-18-29)37-33(34,35)36/h2,13-26H,1,3-10H2. The van der Waals surface area contributed by atoms with E-state index in [9.17, 15) is 13.2 Å². The normalized spacial score (nSPS) is 17.5. The van der Waals surface area contributed by atoms with Crippen molar-refractivity contribution >= 4 is 0 Å². The lowest BCUT2D eigenvalue weighted by atomic mass is 9.78. The summed E-state index contributed by atoms with van der Waals surface area (Å²) in [4.78, 5) is 0. The number of benzene rings is 3. The molecular weight excluding hydrogens is 469 g/mol. The molecule has 1 saturated carbocycles. The number of ether oxygens (including phenoxy) is 1. The van der Waals surface area contributed by atoms with Gasteiger partial charge in [0, 0.05) is 11.1 Å². The zero-order chi connectivity index (χ0) is 26.1. The van der Waals surface area contributed by atoms with E-state index in [2.05, 4.69) is 47.4 Å². The summed E-state index contributed by atoms with van der Waals surface area (Å²) in [6.07, 6.45) is 7.72. The lowest BCUT2D eigenvalue weighted by molar-refractivity contribution is -0.274. The van der Waals surface area contributed by atoms with Gasteiger partial charge in [-0.2, -0.15) is 0 Å². The van der Waals surface area contributed by atoms with Gasteiger partial charge in [-0.1, -0.05) is 80.0 Å². The van der Waals surface area contributed by atoms with E-state index in [1.807, 2.05) is 30.3 Å². The Labute approximate surface area is 218 Å². The zero-order valence-electron chi connectivity index (χ0n) is 21.1. The van der Waals surface area contributed by atoms with Crippen LogP contribution < -0.4 is 4.74 Å². The van der Waals surface area contributed by atoms with Crippen LogP contribution in [-0.4, -0.2) is 6.36 Å². The van der Waals surface area contributed by atoms with Gasteiger partial charge in [-0.3, -0.25) is 0 Å². The van der Waals surface area contributed by atoms with Crippen molar-refractivity contribution in [1.82, 2.24) is 0 Å². The summed E-state index contributed by atoms with van der Waals surface area (Å²) >= 11 is 0. The molecule has 37 heavy (non-hydrogen) atoms. The van der Waals surface area contributed by atoms with Crippen LogP contribution in [0.4, 0.5) is 13.2 Å². The maximum Gasteiger partial charge on any atom is 0.573 e. The summed E-state index contributed by atoms with van der Waals surface area (Å²) in [6, 6.07) is 22.4. The van der Waals surface area contributed by atoms with E-state index in [1.54, 1.807) is 0 Å². The number of halogens is 3. The highest BCUT2D eigenvalue weighted by Gasteiger charge is 2.30. The zero-order valence-corrected chi connectivity index (χ0v) is 21.1. The molecule has 4 rings (SSSR count). The number of allylic oxidation sites excluding steroid dienone is 1. The number of alkyl halides is 3. The van der Waals surface area contributed by atoms with Gasteiger partial charge in [0.2, 0.25) is 0 Å². The molecule has 3 aromatic carbocycles. The van der Waals surface area contributed by atoms with Crippen LogP contribution in [-0.2, 0) is 6.42 Å². The first kappa shape index (κ1) is 26.6. The van der Waals surface area contributed by atoms with E-state index in [0.29, 0.717) is 5.56 Å². The SMILES string of the molecule is C=CCCC1CCC(CCc2ccc(-c3ccc(C#Cc4ccc(OC(F)(F)F)cc4)cc3)cc2)CC1. The molecule has 1 aliphatic rings. The maximum atomic E-state index is 12.3. The van der Waals surface area contributed by atoms with Gasteiger partial charge in [-0.05, 0) is 90.6 Å². The lowest BCUT2D eigenvalue weighted by Gasteiger charge is -2.28. The van der Waals surface area contributed by atoms with Crippen LogP contribution in [0, 0.1) is 23.7 Å². The van der Waals surface area contributed by atoms with Crippen molar-refractivity contribution < 1.29 is 17.9 Å². The molecule has 0 radical (unpaired) electrons. The fraction of sp³-hybridized carbons (Fsp3) is 0.333. The Morgan fingerprint density at radius 2 is 1.22 bits per heavy atom. The fourth-order valence-corrected chi connectivity index (χ4v) is 5.03. The average molecular weight is 503 g/mol. The van der Waals surface area contributed by atoms with Crippen molar-refractivity contribution in [2.24, 2.45) is 11.8 Å². The van der Waals surface area contributed by atoms with Gasteiger partial charge in [0.05, 0.1) is 0 Å². The number of hydrogen-bond acceptors (Lipinski definition) is 1. The average Bonchev–Trinajstić information content (AvgIpc) is 2.91. The van der Waals surface area contributed by atoms with Crippen molar-refractivity contribution in [3.63, 3.8) is 0 Å². The summed E-state index contributed by atoms with van der Waals surface area (Å²) in [7, 11) is 0. The second-order valence-electron chi connectivity index (χ2n) is 9.89. The van der Waals surface area contributed by atoms with Crippen LogP contribution in [0.25, 0.3) is 11.1 Å². The van der Waals surface area contributed by atoms with Crippen LogP contribution >= 0.6 is 0 Å². The topological polar surface area (TPSA) is 9.23 Å². The first-order valence-electron chi connectivity index (χ1n) is 13.1. The first-order chi connectivity index (χ1) is 17.9. The molecule has 0 heterocycles. The molecule has 0 aliphatic heterocycles. The third-order valence-corrected chi connectivity index (χ3v) is 7.20. The first-order valence-corrected chi connectivity index (χ1v) is 13.1. The number of rotatable bonds is 8. The van der Waals surface area contributed by atoms with Crippen LogP contribution in [0.2, 0.25) is 0 Å². The molecule has 1 fully saturated rings. The minimum Gasteiger partial charge on any atom is -0.406 e. The Balaban J connectivity index is 1.27. The highest BCUT2D eigenvalue weighted by atomic mass is 19.4. The maximum absolute atomic E-state index is 12.3. The highest BCUT2D eigenvalue weighted by Crippen LogP contribution is 2.34. The predicted octanol–water partition coefficient (Wildman–Crippen LogP) is 9.36. The monoisotopic (exact) mass is 502 g/mol. The molecule has 3 aromatic rings. The number of aryl methyl sites for hydroxylation is 1. The predicted molar refractivity (Wildman–Crippen MR) is 144 cm³/mol. The van der Waals surface area contributed by atoms with Gasteiger partial charge < -0.3 is 4.74 Å². The molecule has 0 amide bonds. The van der Waals surface area contributed by atoms with Crippen LogP contribution in [0.5, 0.6) is 5.75 Å². The molecule has 0 saturated heterocycles. The molecular formula is C33H33F3O. The van der Waals surface area contributed by atoms with Crippen molar-refractivity contribution in [1.29, 1.82) is 0 Å². The number of hydrogen-bond donors (Lipinski definition) is 0. The highest BCUT2D eigenvalue weighted by molar-refractivity contribution is 5.64. The third-order valence-electron chi connectivity index (χ3n) is 7.20. The Hall–Kier alpha value is -3.45. The van der Waals surface area contributed by atoms with E-state index in [-0.39, 0.29) is 5.75 Å². The Bertz CT molecular complexity index is 1190. The van der Waals surface area contributed by atoms with E-state index in [0.717, 1.165) is 35.8 Å². The minimum atomic E-state index is -4.69. The van der Waals surface area contributed by atoms with E-state index in [4.69, 9.17) is 0 Å². The fourth-order valence-electron chi connectivity index (χ4n) is 5.03. The van der Waals surface area contributed by atoms with Gasteiger partial charge in [-0.15, -0.1) is 19.8 Å². The summed E-state index contributed by atoms with van der Waals surface area (Å²) in [5.74, 6) is 7.55. The van der Waals surface area contributed by atoms with Gasteiger partial charge in [0.1, 0.15) is 5.75 Å². The van der Waals surface area contributed by atoms with E-state index in [1.165, 1.54) is 73.9 Å². The van der Waals surface area contributed by atoms with E-state index >= 15 is 0 Å². The molecule has 0 atom stereocenters. The molecule has 1 aliphatic carbocycles. The van der Waals surface area contributed by atoms with Gasteiger partial charge >= 0.3 is 6.36 Å². The Morgan fingerprint density at radius 1 is 0.730 bits per heavy atom. The Kier molecular flexibility index (Phi) is 9.12. The second-order valence-corrected chi connectivity index (χ2v) is 9.89. The van der Waals surface area contributed by atoms with Crippen LogP contribution in [0.15, 0.2) is 85.5 Å². The van der Waals surface area contributed by atoms with Gasteiger partial charge in [0.25, 0.3) is 0 Å². The molecule has 0 aromatic heterocycles. The quantitative estimate of drug-likeness (QED) is 0.220. The summed E-state index contributed by atoms with van der Waals surface area (Å²) < 4.78 is 40.7. The minimum absolute atomic E-state index is 0.254. The van der Waals surface area contributed by atoms with Gasteiger partial charge in [-0.25, -0.2) is 0 Å². The summed E-state index contributed by atoms with van der Waals surface area (Å²) in [5.41, 5.74) is 5.16. The Morgan fingerprint density at radius 3 is 1.73 bits per heavy atom. The summed E-state index contributed by atoms with van der Waals surface area (Å²) in [6.45, 7) is 3.85. The van der Waals surface area contributed by atoms with Gasteiger partial charge in [0.15, 0.2) is 0 Å². The molecule has 192 valence electrons. The smallest absolute Gasteiger partial charge is 0.406 e. The van der Waals surface area contributed by atoms with Crippen molar-refractivity contribution in [2.75, 3.05) is 0 Å². The van der Waals surface area contributed by atoms with Crippen molar-refractivity contribution in [2.45, 2.75) is 57.7 Å². The molecule has 0 unspecified atom stereocenters. The second kappa shape index (κ2) is 12.7. The molecule has 0 N–H and O–H groups in total. The van der Waals surface area contributed by atoms with Crippen molar-refractivity contribution in [3.8, 4) is 28.7 Å². The third kappa shape index (κ3) is 8.57.